The number of rotatable bonds is 4. The summed E-state index contributed by atoms with van der Waals surface area (Å²) in [6.45, 7) is 1.93. The van der Waals surface area contributed by atoms with Crippen LogP contribution in [-0.4, -0.2) is 23.8 Å². The molecule has 0 rings (SSSR count). The predicted octanol–water partition coefficient (Wildman–Crippen LogP) is -2.36. The first-order valence-corrected chi connectivity index (χ1v) is 5.31. The fourth-order valence-corrected chi connectivity index (χ4v) is 1.88. The Hall–Kier alpha value is 1.26. The molecule has 0 saturated heterocycles. The largest absolute Gasteiger partial charge is 1.00 e. The molecular formula is C4H9NaO3S2. The van der Waals surface area contributed by atoms with Gasteiger partial charge in [0.25, 0.3) is 0 Å². The first-order valence-electron chi connectivity index (χ1n) is 2.57. The Kier molecular flexibility index (Phi) is 9.59. The summed E-state index contributed by atoms with van der Waals surface area (Å²) in [5.41, 5.74) is 0. The van der Waals surface area contributed by atoms with Crippen molar-refractivity contribution in [3.8, 4) is 0 Å². The monoisotopic (exact) mass is 192 g/mol. The van der Waals surface area contributed by atoms with E-state index >= 15 is 0 Å². The third-order valence-corrected chi connectivity index (χ3v) is 3.09. The van der Waals surface area contributed by atoms with Crippen LogP contribution in [0.5, 0.6) is 0 Å². The molecule has 0 radical (unpaired) electrons. The average molecular weight is 192 g/mol. The molecule has 0 bridgehead atoms. The van der Waals surface area contributed by atoms with Crippen molar-refractivity contribution < 1.29 is 42.5 Å². The van der Waals surface area contributed by atoms with Gasteiger partial charge in [0, 0.05) is 0 Å². The van der Waals surface area contributed by atoms with Crippen molar-refractivity contribution in [3.63, 3.8) is 0 Å². The van der Waals surface area contributed by atoms with E-state index in [1.165, 1.54) is 0 Å². The van der Waals surface area contributed by atoms with Crippen molar-refractivity contribution in [1.29, 1.82) is 0 Å². The third kappa shape index (κ3) is 12.0. The van der Waals surface area contributed by atoms with Gasteiger partial charge >= 0.3 is 29.6 Å². The van der Waals surface area contributed by atoms with Gasteiger partial charge in [0.15, 0.2) is 0 Å². The van der Waals surface area contributed by atoms with Crippen molar-refractivity contribution in [1.82, 2.24) is 0 Å². The van der Waals surface area contributed by atoms with E-state index in [9.17, 15) is 13.0 Å². The molecule has 0 saturated carbocycles. The van der Waals surface area contributed by atoms with Gasteiger partial charge in [-0.15, -0.1) is 11.8 Å². The van der Waals surface area contributed by atoms with Crippen molar-refractivity contribution in [2.75, 3.05) is 10.8 Å². The van der Waals surface area contributed by atoms with Crippen LogP contribution in [-0.2, 0) is 10.1 Å². The summed E-state index contributed by atoms with van der Waals surface area (Å²) >= 11 is 1.16. The normalized spacial score (nSPS) is 10.6. The summed E-state index contributed by atoms with van der Waals surface area (Å²) in [5.74, 6) is 0.738. The molecule has 0 aromatic rings. The van der Waals surface area contributed by atoms with Gasteiger partial charge in [-0.2, -0.15) is 0 Å². The van der Waals surface area contributed by atoms with Gasteiger partial charge < -0.3 is 4.55 Å². The standard InChI is InChI=1S/C4H10O3S2.Na/c1-2-3-8-4-9(5,6)7;/h2-4H2,1H3,(H,5,6,7);/q;+1/p-1. The SMILES string of the molecule is CCCSCS(=O)(=O)[O-].[Na+]. The second-order valence-electron chi connectivity index (χ2n) is 1.58. The second-order valence-corrected chi connectivity index (χ2v) is 4.46. The molecular weight excluding hydrogens is 183 g/mol. The molecule has 0 fully saturated rings. The van der Waals surface area contributed by atoms with Gasteiger partial charge in [-0.05, 0) is 12.2 Å². The van der Waals surface area contributed by atoms with E-state index in [0.29, 0.717) is 0 Å². The van der Waals surface area contributed by atoms with Crippen LogP contribution in [0.3, 0.4) is 0 Å². The molecule has 0 aromatic heterocycles. The van der Waals surface area contributed by atoms with Crippen molar-refractivity contribution in [2.24, 2.45) is 0 Å². The maximum atomic E-state index is 9.93. The molecule has 0 amide bonds. The topological polar surface area (TPSA) is 57.2 Å². The summed E-state index contributed by atoms with van der Waals surface area (Å²) in [5, 5.41) is -0.291. The summed E-state index contributed by atoms with van der Waals surface area (Å²) in [4.78, 5) is 0. The molecule has 6 heteroatoms. The fourth-order valence-electron chi connectivity index (χ4n) is 0.305. The Morgan fingerprint density at radius 2 is 2.00 bits per heavy atom. The molecule has 0 spiro atoms. The molecule has 0 aromatic carbocycles. The van der Waals surface area contributed by atoms with E-state index in [-0.39, 0.29) is 34.6 Å². The second kappa shape index (κ2) is 6.94. The number of hydrogen-bond acceptors (Lipinski definition) is 4. The maximum absolute atomic E-state index is 9.93. The van der Waals surface area contributed by atoms with Crippen LogP contribution in [0.4, 0.5) is 0 Å². The van der Waals surface area contributed by atoms with Crippen LogP contribution >= 0.6 is 11.8 Å². The molecule has 0 heterocycles. The molecule has 0 aliphatic rings. The van der Waals surface area contributed by atoms with Crippen molar-refractivity contribution in [3.05, 3.63) is 0 Å². The van der Waals surface area contributed by atoms with Crippen LogP contribution < -0.4 is 29.6 Å². The minimum Gasteiger partial charge on any atom is -0.747 e. The Morgan fingerprint density at radius 3 is 2.30 bits per heavy atom. The van der Waals surface area contributed by atoms with Crippen LogP contribution in [0.15, 0.2) is 0 Å². The van der Waals surface area contributed by atoms with Gasteiger partial charge in [-0.25, -0.2) is 8.42 Å². The van der Waals surface area contributed by atoms with Gasteiger partial charge in [0.2, 0.25) is 0 Å². The zero-order chi connectivity index (χ0) is 7.33. The first kappa shape index (κ1) is 13.8. The average Bonchev–Trinajstić information content (AvgIpc) is 1.63. The Labute approximate surface area is 88.0 Å². The number of thioether (sulfide) groups is 1. The molecule has 56 valence electrons. The first-order chi connectivity index (χ1) is 4.06. The van der Waals surface area contributed by atoms with E-state index < -0.39 is 10.1 Å². The Bertz CT molecular complexity index is 154. The quantitative estimate of drug-likeness (QED) is 0.284. The van der Waals surface area contributed by atoms with Gasteiger partial charge in [0.1, 0.15) is 10.1 Å². The molecule has 0 atom stereocenters. The molecule has 0 N–H and O–H groups in total. The zero-order valence-corrected chi connectivity index (χ0v) is 9.80. The van der Waals surface area contributed by atoms with Crippen molar-refractivity contribution in [2.45, 2.75) is 13.3 Å². The summed E-state index contributed by atoms with van der Waals surface area (Å²) in [6.07, 6.45) is 0.903. The Morgan fingerprint density at radius 1 is 1.50 bits per heavy atom. The van der Waals surface area contributed by atoms with E-state index in [1.54, 1.807) is 0 Å². The maximum Gasteiger partial charge on any atom is 1.00 e. The molecule has 0 unspecified atom stereocenters. The van der Waals surface area contributed by atoms with Crippen LogP contribution in [0, 0.1) is 0 Å². The summed E-state index contributed by atoms with van der Waals surface area (Å²) in [6, 6.07) is 0. The van der Waals surface area contributed by atoms with Crippen LogP contribution in [0.1, 0.15) is 13.3 Å². The van der Waals surface area contributed by atoms with E-state index in [1.807, 2.05) is 6.92 Å². The van der Waals surface area contributed by atoms with Gasteiger partial charge in [-0.1, -0.05) is 6.92 Å². The molecule has 0 aliphatic carbocycles. The minimum atomic E-state index is -3.98. The summed E-state index contributed by atoms with van der Waals surface area (Å²) < 4.78 is 29.8. The van der Waals surface area contributed by atoms with E-state index in [4.69, 9.17) is 0 Å². The van der Waals surface area contributed by atoms with E-state index in [2.05, 4.69) is 0 Å². The van der Waals surface area contributed by atoms with Gasteiger partial charge in [0.05, 0.1) is 5.08 Å². The van der Waals surface area contributed by atoms with E-state index in [0.717, 1.165) is 23.9 Å². The summed E-state index contributed by atoms with van der Waals surface area (Å²) in [7, 11) is -3.98. The van der Waals surface area contributed by atoms with Crippen LogP contribution in [0.25, 0.3) is 0 Å². The van der Waals surface area contributed by atoms with Crippen LogP contribution in [0.2, 0.25) is 0 Å². The van der Waals surface area contributed by atoms with Gasteiger partial charge in [-0.3, -0.25) is 0 Å². The third-order valence-electron chi connectivity index (χ3n) is 0.576. The zero-order valence-electron chi connectivity index (χ0n) is 6.16. The molecule has 3 nitrogen and oxygen atoms in total. The minimum absolute atomic E-state index is 0. The smallest absolute Gasteiger partial charge is 0.747 e. The number of hydrogen-bond donors (Lipinski definition) is 0. The predicted molar refractivity (Wildman–Crippen MR) is 37.3 cm³/mol. The van der Waals surface area contributed by atoms with Crippen molar-refractivity contribution >= 4 is 21.9 Å². The molecule has 10 heavy (non-hydrogen) atoms. The fraction of sp³-hybridized carbons (Fsp3) is 1.00. The Balaban J connectivity index is 0. The molecule has 0 aliphatic heterocycles.